The Labute approximate surface area is 115 Å². The molecular formula is C14H13N3OS. The maximum Gasteiger partial charge on any atom is 0.251 e. The molecule has 1 heterocycles. The molecule has 0 amide bonds. The van der Waals surface area contributed by atoms with E-state index in [1.807, 2.05) is 12.1 Å². The maximum atomic E-state index is 11.5. The molecule has 1 aromatic heterocycles. The molecule has 0 aliphatic heterocycles. The van der Waals surface area contributed by atoms with Gasteiger partial charge >= 0.3 is 0 Å². The van der Waals surface area contributed by atoms with E-state index < -0.39 is 0 Å². The third-order valence-electron chi connectivity index (χ3n) is 2.48. The normalized spacial score (nSPS) is 10.1. The molecule has 0 unspecified atom stereocenters. The minimum absolute atomic E-state index is 0.130. The molecule has 0 saturated carbocycles. The van der Waals surface area contributed by atoms with Crippen LogP contribution in [-0.2, 0) is 6.42 Å². The summed E-state index contributed by atoms with van der Waals surface area (Å²) in [7, 11) is 0. The molecule has 0 bridgehead atoms. The van der Waals surface area contributed by atoms with E-state index in [0.717, 1.165) is 23.4 Å². The van der Waals surface area contributed by atoms with Gasteiger partial charge in [0, 0.05) is 16.7 Å². The number of aromatic nitrogens is 2. The molecule has 1 N–H and O–H groups in total. The van der Waals surface area contributed by atoms with Crippen molar-refractivity contribution >= 4 is 11.8 Å². The van der Waals surface area contributed by atoms with Crippen LogP contribution in [0.1, 0.15) is 24.6 Å². The molecule has 0 atom stereocenters. The number of hydrogen-bond acceptors (Lipinski definition) is 4. The molecule has 0 fully saturated rings. The maximum absolute atomic E-state index is 11.5. The lowest BCUT2D eigenvalue weighted by atomic mass is 10.2. The van der Waals surface area contributed by atoms with Crippen molar-refractivity contribution in [3.63, 3.8) is 0 Å². The molecule has 0 radical (unpaired) electrons. The van der Waals surface area contributed by atoms with Gasteiger partial charge in [-0.15, -0.1) is 0 Å². The molecule has 5 heteroatoms. The summed E-state index contributed by atoms with van der Waals surface area (Å²) in [5.41, 5.74) is 1.29. The van der Waals surface area contributed by atoms with Gasteiger partial charge in [0.25, 0.3) is 5.56 Å². The van der Waals surface area contributed by atoms with Gasteiger partial charge in [0.05, 0.1) is 11.6 Å². The lowest BCUT2D eigenvalue weighted by Crippen LogP contribution is -2.09. The number of aryl methyl sites for hydroxylation is 1. The Bertz CT molecular complexity index is 656. The van der Waals surface area contributed by atoms with Gasteiger partial charge in [-0.1, -0.05) is 25.1 Å². The number of nitriles is 1. The van der Waals surface area contributed by atoms with Gasteiger partial charge in [-0.2, -0.15) is 5.26 Å². The number of nitrogens with zero attached hydrogens (tertiary/aromatic N) is 2. The summed E-state index contributed by atoms with van der Waals surface area (Å²) in [6, 6.07) is 10.8. The fourth-order valence-corrected chi connectivity index (χ4v) is 2.44. The molecule has 1 aromatic carbocycles. The number of nitrogens with one attached hydrogen (secondary N) is 1. The van der Waals surface area contributed by atoms with Crippen LogP contribution >= 0.6 is 11.8 Å². The average molecular weight is 271 g/mol. The van der Waals surface area contributed by atoms with Gasteiger partial charge in [-0.3, -0.25) is 4.79 Å². The summed E-state index contributed by atoms with van der Waals surface area (Å²) < 4.78 is 0. The quantitative estimate of drug-likeness (QED) is 0.868. The Morgan fingerprint density at radius 1 is 1.37 bits per heavy atom. The Kier molecular flexibility index (Phi) is 4.37. The van der Waals surface area contributed by atoms with E-state index in [4.69, 9.17) is 5.26 Å². The van der Waals surface area contributed by atoms with E-state index in [9.17, 15) is 4.79 Å². The van der Waals surface area contributed by atoms with Gasteiger partial charge in [-0.05, 0) is 30.7 Å². The zero-order valence-corrected chi connectivity index (χ0v) is 11.3. The molecule has 4 nitrogen and oxygen atoms in total. The first-order valence-electron chi connectivity index (χ1n) is 5.99. The third kappa shape index (κ3) is 3.70. The van der Waals surface area contributed by atoms with Crippen molar-refractivity contribution in [2.24, 2.45) is 0 Å². The molecule has 2 rings (SSSR count). The minimum atomic E-state index is -0.130. The lowest BCUT2D eigenvalue weighted by Gasteiger charge is -2.03. The summed E-state index contributed by atoms with van der Waals surface area (Å²) in [6.07, 6.45) is 1.75. The van der Waals surface area contributed by atoms with Crippen molar-refractivity contribution in [3.8, 4) is 6.07 Å². The van der Waals surface area contributed by atoms with E-state index in [0.29, 0.717) is 10.7 Å². The van der Waals surface area contributed by atoms with Gasteiger partial charge in [0.15, 0.2) is 5.16 Å². The average Bonchev–Trinajstić information content (AvgIpc) is 2.39. The SMILES string of the molecule is CCCc1cc(=O)[nH]c(Sc2ccc(C#N)cc2)n1. The Morgan fingerprint density at radius 3 is 2.74 bits per heavy atom. The molecule has 2 aromatic rings. The van der Waals surface area contributed by atoms with Crippen LogP contribution in [0.5, 0.6) is 0 Å². The number of H-pyrrole nitrogens is 1. The first-order valence-corrected chi connectivity index (χ1v) is 6.81. The summed E-state index contributed by atoms with van der Waals surface area (Å²) in [5.74, 6) is 0. The van der Waals surface area contributed by atoms with Crippen LogP contribution in [0.3, 0.4) is 0 Å². The highest BCUT2D eigenvalue weighted by Crippen LogP contribution is 2.24. The summed E-state index contributed by atoms with van der Waals surface area (Å²) in [5, 5.41) is 9.32. The molecular weight excluding hydrogens is 258 g/mol. The van der Waals surface area contributed by atoms with Crippen molar-refractivity contribution in [2.75, 3.05) is 0 Å². The highest BCUT2D eigenvalue weighted by Gasteiger charge is 2.03. The van der Waals surface area contributed by atoms with E-state index in [1.165, 1.54) is 17.8 Å². The van der Waals surface area contributed by atoms with Gasteiger partial charge in [-0.25, -0.2) is 4.98 Å². The molecule has 0 aliphatic carbocycles. The van der Waals surface area contributed by atoms with Crippen LogP contribution < -0.4 is 5.56 Å². The van der Waals surface area contributed by atoms with Crippen molar-refractivity contribution in [3.05, 3.63) is 51.9 Å². The summed E-state index contributed by atoms with van der Waals surface area (Å²) in [6.45, 7) is 2.05. The molecule has 0 aliphatic rings. The zero-order chi connectivity index (χ0) is 13.7. The largest absolute Gasteiger partial charge is 0.301 e. The van der Waals surface area contributed by atoms with Crippen LogP contribution in [-0.4, -0.2) is 9.97 Å². The smallest absolute Gasteiger partial charge is 0.251 e. The van der Waals surface area contributed by atoms with E-state index in [2.05, 4.69) is 23.0 Å². The Balaban J connectivity index is 2.22. The Hall–Kier alpha value is -2.06. The second kappa shape index (κ2) is 6.21. The topological polar surface area (TPSA) is 69.5 Å². The number of aromatic amines is 1. The number of hydrogen-bond donors (Lipinski definition) is 1. The van der Waals surface area contributed by atoms with Crippen molar-refractivity contribution in [1.82, 2.24) is 9.97 Å². The minimum Gasteiger partial charge on any atom is -0.301 e. The first-order chi connectivity index (χ1) is 9.21. The highest BCUT2D eigenvalue weighted by atomic mass is 32.2. The summed E-state index contributed by atoms with van der Waals surface area (Å²) in [4.78, 5) is 19.6. The van der Waals surface area contributed by atoms with E-state index in [1.54, 1.807) is 12.1 Å². The zero-order valence-electron chi connectivity index (χ0n) is 10.5. The standard InChI is InChI=1S/C14H13N3OS/c1-2-3-11-8-13(18)17-14(16-11)19-12-6-4-10(9-15)5-7-12/h4-8H,2-3H2,1H3,(H,16,17,18). The van der Waals surface area contributed by atoms with Crippen LogP contribution in [0.15, 0.2) is 45.2 Å². The second-order valence-corrected chi connectivity index (χ2v) is 5.09. The predicted molar refractivity (Wildman–Crippen MR) is 74.1 cm³/mol. The first kappa shape index (κ1) is 13.4. The highest BCUT2D eigenvalue weighted by molar-refractivity contribution is 7.99. The number of rotatable bonds is 4. The van der Waals surface area contributed by atoms with Crippen molar-refractivity contribution in [2.45, 2.75) is 29.8 Å². The lowest BCUT2D eigenvalue weighted by molar-refractivity contribution is 0.816. The molecule has 19 heavy (non-hydrogen) atoms. The van der Waals surface area contributed by atoms with Gasteiger partial charge in [0.1, 0.15) is 0 Å². The van der Waals surface area contributed by atoms with Gasteiger partial charge < -0.3 is 4.98 Å². The van der Waals surface area contributed by atoms with Crippen LogP contribution in [0, 0.1) is 11.3 Å². The fourth-order valence-electron chi connectivity index (χ4n) is 1.63. The summed E-state index contributed by atoms with van der Waals surface area (Å²) >= 11 is 1.38. The second-order valence-electron chi connectivity index (χ2n) is 4.03. The van der Waals surface area contributed by atoms with Crippen LogP contribution in [0.2, 0.25) is 0 Å². The predicted octanol–water partition coefficient (Wildman–Crippen LogP) is 2.75. The number of benzene rings is 1. The molecule has 0 saturated heterocycles. The van der Waals surface area contributed by atoms with E-state index >= 15 is 0 Å². The van der Waals surface area contributed by atoms with Gasteiger partial charge in [0.2, 0.25) is 0 Å². The van der Waals surface area contributed by atoms with Crippen molar-refractivity contribution in [1.29, 1.82) is 5.26 Å². The van der Waals surface area contributed by atoms with Crippen molar-refractivity contribution < 1.29 is 0 Å². The third-order valence-corrected chi connectivity index (χ3v) is 3.37. The van der Waals surface area contributed by atoms with Crippen LogP contribution in [0.4, 0.5) is 0 Å². The van der Waals surface area contributed by atoms with Crippen LogP contribution in [0.25, 0.3) is 0 Å². The van der Waals surface area contributed by atoms with E-state index in [-0.39, 0.29) is 5.56 Å². The molecule has 96 valence electrons. The fraction of sp³-hybridized carbons (Fsp3) is 0.214. The monoisotopic (exact) mass is 271 g/mol. The molecule has 0 spiro atoms. The Morgan fingerprint density at radius 2 is 2.11 bits per heavy atom.